The summed E-state index contributed by atoms with van der Waals surface area (Å²) in [6.07, 6.45) is 0.983. The van der Waals surface area contributed by atoms with E-state index in [1.54, 1.807) is 14.2 Å². The summed E-state index contributed by atoms with van der Waals surface area (Å²) in [5.41, 5.74) is 0. The second-order valence-electron chi connectivity index (χ2n) is 4.69. The quantitative estimate of drug-likeness (QED) is 0.423. The fraction of sp³-hybridized carbons (Fsp3) is 0.235. The summed E-state index contributed by atoms with van der Waals surface area (Å²) < 4.78 is 9.70. The average Bonchev–Trinajstić information content (AvgIpc) is 2.56. The highest BCUT2D eigenvalue weighted by atomic mass is 32.2. The van der Waals surface area contributed by atoms with Crippen molar-refractivity contribution in [1.29, 1.82) is 0 Å². The largest absolute Gasteiger partial charge is 0.497 e. The van der Waals surface area contributed by atoms with E-state index in [2.05, 4.69) is 0 Å². The molecule has 3 nitrogen and oxygen atoms in total. The SMILES string of the molecule is COc1ccc(SC(C)(C=O)Sc2ccc(OC)cc2)cc1. The molecule has 116 valence electrons. The Bertz CT molecular complexity index is 559. The van der Waals surface area contributed by atoms with Gasteiger partial charge in [0.2, 0.25) is 0 Å². The first-order valence-corrected chi connectivity index (χ1v) is 8.34. The van der Waals surface area contributed by atoms with Crippen LogP contribution in [-0.4, -0.2) is 24.6 Å². The number of rotatable bonds is 7. The van der Waals surface area contributed by atoms with Gasteiger partial charge in [-0.1, -0.05) is 0 Å². The Morgan fingerprint density at radius 1 is 0.818 bits per heavy atom. The van der Waals surface area contributed by atoms with Crippen molar-refractivity contribution < 1.29 is 14.3 Å². The van der Waals surface area contributed by atoms with Gasteiger partial charge in [-0.25, -0.2) is 0 Å². The molecule has 0 aliphatic heterocycles. The van der Waals surface area contributed by atoms with Crippen LogP contribution in [0.1, 0.15) is 6.92 Å². The summed E-state index contributed by atoms with van der Waals surface area (Å²) in [6, 6.07) is 15.4. The van der Waals surface area contributed by atoms with Crippen LogP contribution < -0.4 is 9.47 Å². The van der Waals surface area contributed by atoms with Crippen molar-refractivity contribution in [3.63, 3.8) is 0 Å². The molecule has 0 amide bonds. The van der Waals surface area contributed by atoms with Gasteiger partial charge in [-0.15, -0.1) is 23.5 Å². The maximum absolute atomic E-state index is 11.6. The van der Waals surface area contributed by atoms with E-state index in [4.69, 9.17) is 9.47 Å². The smallest absolute Gasteiger partial charge is 0.146 e. The molecule has 0 unspecified atom stereocenters. The molecule has 2 aromatic rings. The molecule has 0 spiro atoms. The summed E-state index contributed by atoms with van der Waals surface area (Å²) >= 11 is 3.05. The van der Waals surface area contributed by atoms with E-state index in [1.165, 1.54) is 23.5 Å². The highest BCUT2D eigenvalue weighted by Crippen LogP contribution is 2.44. The number of carbonyl (C=O) groups is 1. The Hall–Kier alpha value is -1.59. The van der Waals surface area contributed by atoms with Gasteiger partial charge in [0, 0.05) is 9.79 Å². The summed E-state index contributed by atoms with van der Waals surface area (Å²) in [4.78, 5) is 13.6. The molecule has 0 saturated heterocycles. The number of thioether (sulfide) groups is 2. The molecule has 2 rings (SSSR count). The standard InChI is InChI=1S/C17H18O3S2/c1-17(12-18,21-15-8-4-13(19-2)5-9-15)22-16-10-6-14(20-3)7-11-16/h4-12H,1-3H3. The van der Waals surface area contributed by atoms with Gasteiger partial charge in [0.25, 0.3) is 0 Å². The summed E-state index contributed by atoms with van der Waals surface area (Å²) in [5, 5.41) is 0. The lowest BCUT2D eigenvalue weighted by Crippen LogP contribution is -2.16. The van der Waals surface area contributed by atoms with Gasteiger partial charge in [0.05, 0.1) is 14.2 Å². The molecule has 5 heteroatoms. The molecule has 0 aromatic heterocycles. The summed E-state index contributed by atoms with van der Waals surface area (Å²) in [6.45, 7) is 1.92. The molecule has 0 heterocycles. The third-order valence-electron chi connectivity index (χ3n) is 2.97. The van der Waals surface area contributed by atoms with Crippen molar-refractivity contribution in [2.45, 2.75) is 20.8 Å². The molecular weight excluding hydrogens is 316 g/mol. The minimum absolute atomic E-state index is 0.594. The van der Waals surface area contributed by atoms with Crippen LogP contribution in [-0.2, 0) is 4.79 Å². The van der Waals surface area contributed by atoms with Crippen molar-refractivity contribution in [1.82, 2.24) is 0 Å². The minimum atomic E-state index is -0.594. The number of hydrogen-bond donors (Lipinski definition) is 0. The van der Waals surface area contributed by atoms with Crippen LogP contribution in [0.5, 0.6) is 11.5 Å². The summed E-state index contributed by atoms with van der Waals surface area (Å²) in [5.74, 6) is 1.61. The first-order valence-electron chi connectivity index (χ1n) is 6.71. The Morgan fingerprint density at radius 3 is 1.45 bits per heavy atom. The second-order valence-corrected chi connectivity index (χ2v) is 7.99. The van der Waals surface area contributed by atoms with E-state index < -0.39 is 4.08 Å². The van der Waals surface area contributed by atoms with E-state index >= 15 is 0 Å². The van der Waals surface area contributed by atoms with Crippen molar-refractivity contribution in [3.8, 4) is 11.5 Å². The van der Waals surface area contributed by atoms with E-state index in [1.807, 2.05) is 55.5 Å². The van der Waals surface area contributed by atoms with Crippen molar-refractivity contribution in [3.05, 3.63) is 48.5 Å². The maximum atomic E-state index is 11.6. The highest BCUT2D eigenvalue weighted by Gasteiger charge is 2.26. The van der Waals surface area contributed by atoms with E-state index in [-0.39, 0.29) is 0 Å². The van der Waals surface area contributed by atoms with Crippen molar-refractivity contribution in [2.24, 2.45) is 0 Å². The van der Waals surface area contributed by atoms with E-state index in [0.29, 0.717) is 0 Å². The number of hydrogen-bond acceptors (Lipinski definition) is 5. The Balaban J connectivity index is 2.10. The zero-order valence-electron chi connectivity index (χ0n) is 12.7. The van der Waals surface area contributed by atoms with Gasteiger partial charge in [-0.2, -0.15) is 0 Å². The highest BCUT2D eigenvalue weighted by molar-refractivity contribution is 8.19. The van der Waals surface area contributed by atoms with Crippen LogP contribution >= 0.6 is 23.5 Å². The van der Waals surface area contributed by atoms with Gasteiger partial charge in [0.1, 0.15) is 21.9 Å². The van der Waals surface area contributed by atoms with Gasteiger partial charge in [-0.3, -0.25) is 0 Å². The minimum Gasteiger partial charge on any atom is -0.497 e. The van der Waals surface area contributed by atoms with Crippen LogP contribution in [0.15, 0.2) is 58.3 Å². The van der Waals surface area contributed by atoms with Crippen molar-refractivity contribution in [2.75, 3.05) is 14.2 Å². The number of benzene rings is 2. The van der Waals surface area contributed by atoms with E-state index in [0.717, 1.165) is 27.6 Å². The molecule has 0 aliphatic rings. The third kappa shape index (κ3) is 4.45. The lowest BCUT2D eigenvalue weighted by atomic mass is 10.3. The molecule has 0 radical (unpaired) electrons. The fourth-order valence-corrected chi connectivity index (χ4v) is 4.15. The molecule has 0 N–H and O–H groups in total. The van der Waals surface area contributed by atoms with Crippen LogP contribution in [0.2, 0.25) is 0 Å². The normalized spacial score (nSPS) is 11.0. The topological polar surface area (TPSA) is 35.5 Å². The predicted molar refractivity (Wildman–Crippen MR) is 92.2 cm³/mol. The molecule has 0 aliphatic carbocycles. The van der Waals surface area contributed by atoms with Gasteiger partial charge in [0.15, 0.2) is 0 Å². The first-order chi connectivity index (χ1) is 10.6. The van der Waals surface area contributed by atoms with Gasteiger partial charge >= 0.3 is 0 Å². The van der Waals surface area contributed by atoms with Crippen LogP contribution in [0.3, 0.4) is 0 Å². The lowest BCUT2D eigenvalue weighted by molar-refractivity contribution is -0.107. The van der Waals surface area contributed by atoms with Crippen LogP contribution in [0.25, 0.3) is 0 Å². The number of aldehydes is 1. The predicted octanol–water partition coefficient (Wildman–Crippen LogP) is 4.50. The molecule has 0 fully saturated rings. The fourth-order valence-electron chi connectivity index (χ4n) is 1.82. The van der Waals surface area contributed by atoms with Gasteiger partial charge in [-0.05, 0) is 55.5 Å². The number of carbonyl (C=O) groups excluding carboxylic acids is 1. The van der Waals surface area contributed by atoms with E-state index in [9.17, 15) is 4.79 Å². The lowest BCUT2D eigenvalue weighted by Gasteiger charge is -2.22. The van der Waals surface area contributed by atoms with Gasteiger partial charge < -0.3 is 14.3 Å². The van der Waals surface area contributed by atoms with Crippen LogP contribution in [0, 0.1) is 0 Å². The third-order valence-corrected chi connectivity index (χ3v) is 5.49. The molecule has 0 bridgehead atoms. The number of ether oxygens (including phenoxy) is 2. The molecule has 0 saturated carbocycles. The zero-order valence-corrected chi connectivity index (χ0v) is 14.4. The Morgan fingerprint density at radius 2 is 1.18 bits per heavy atom. The Kier molecular flexibility index (Phi) is 5.80. The Labute approximate surface area is 139 Å². The molecular formula is C17H18O3S2. The maximum Gasteiger partial charge on any atom is 0.146 e. The second kappa shape index (κ2) is 7.61. The first kappa shape index (κ1) is 16.8. The molecule has 2 aromatic carbocycles. The zero-order chi connectivity index (χ0) is 16.0. The molecule has 0 atom stereocenters. The summed E-state index contributed by atoms with van der Waals surface area (Å²) in [7, 11) is 3.27. The monoisotopic (exact) mass is 334 g/mol. The van der Waals surface area contributed by atoms with Crippen LogP contribution in [0.4, 0.5) is 0 Å². The van der Waals surface area contributed by atoms with Crippen molar-refractivity contribution >= 4 is 29.8 Å². The average molecular weight is 334 g/mol. The molecule has 22 heavy (non-hydrogen) atoms. The number of methoxy groups -OCH3 is 2.